The summed E-state index contributed by atoms with van der Waals surface area (Å²) in [5.74, 6) is -0.856. The first kappa shape index (κ1) is 80.6. The van der Waals surface area contributed by atoms with Crippen molar-refractivity contribution in [3.8, 4) is 0 Å². The average molecular weight is 1170 g/mol. The third-order valence-electron chi connectivity index (χ3n) is 17.1. The minimum atomic E-state index is -0.777. The lowest BCUT2D eigenvalue weighted by Crippen LogP contribution is -2.30. The van der Waals surface area contributed by atoms with E-state index in [0.29, 0.717) is 19.3 Å². The molecule has 0 N–H and O–H groups in total. The molecule has 0 aromatic heterocycles. The van der Waals surface area contributed by atoms with Crippen LogP contribution in [0, 0.1) is 0 Å². The average Bonchev–Trinajstić information content (AvgIpc) is 3.50. The van der Waals surface area contributed by atoms with Crippen LogP contribution in [0.4, 0.5) is 0 Å². The summed E-state index contributed by atoms with van der Waals surface area (Å²) >= 11 is 0. The molecular formula is C77H144O6. The van der Waals surface area contributed by atoms with E-state index in [2.05, 4.69) is 57.2 Å². The molecule has 1 unspecified atom stereocenters. The van der Waals surface area contributed by atoms with Gasteiger partial charge < -0.3 is 14.2 Å². The standard InChI is InChI=1S/C77H144O6/c1-4-7-10-13-16-19-22-25-28-30-31-32-33-34-35-36-37-38-39-40-41-42-43-44-45-46-47-48-50-52-55-58-61-64-67-70-76(79)82-73-74(72-81-75(78)69-66-63-60-57-54-51-27-24-21-18-15-12-9-6-3)83-77(80)71-68-65-62-59-56-53-49-29-26-23-20-17-14-11-8-5-2/h20,23,29-31,49,74H,4-19,21-22,24-28,32-48,50-73H2,1-3H3/b23-20-,31-30-,49-29-. The summed E-state index contributed by atoms with van der Waals surface area (Å²) in [6.45, 7) is 6.68. The summed E-state index contributed by atoms with van der Waals surface area (Å²) < 4.78 is 17.0. The molecule has 83 heavy (non-hydrogen) atoms. The van der Waals surface area contributed by atoms with Crippen LogP contribution in [-0.2, 0) is 28.6 Å². The highest BCUT2D eigenvalue weighted by Crippen LogP contribution is 2.19. The van der Waals surface area contributed by atoms with Gasteiger partial charge in [-0.3, -0.25) is 14.4 Å². The summed E-state index contributed by atoms with van der Waals surface area (Å²) in [6, 6.07) is 0. The molecule has 0 radical (unpaired) electrons. The summed E-state index contributed by atoms with van der Waals surface area (Å²) in [6.07, 6.45) is 90.6. The van der Waals surface area contributed by atoms with Crippen LogP contribution in [-0.4, -0.2) is 37.2 Å². The molecule has 0 fully saturated rings. The fourth-order valence-corrected chi connectivity index (χ4v) is 11.5. The lowest BCUT2D eigenvalue weighted by Gasteiger charge is -2.18. The molecular weight excluding hydrogens is 1020 g/mol. The molecule has 0 heterocycles. The van der Waals surface area contributed by atoms with Gasteiger partial charge in [0.1, 0.15) is 13.2 Å². The van der Waals surface area contributed by atoms with Gasteiger partial charge in [-0.2, -0.15) is 0 Å². The topological polar surface area (TPSA) is 78.9 Å². The molecule has 0 aromatic rings. The minimum absolute atomic E-state index is 0.0719. The Hall–Kier alpha value is -2.37. The molecule has 6 nitrogen and oxygen atoms in total. The van der Waals surface area contributed by atoms with Crippen LogP contribution in [0.2, 0.25) is 0 Å². The van der Waals surface area contributed by atoms with E-state index >= 15 is 0 Å². The van der Waals surface area contributed by atoms with Crippen molar-refractivity contribution in [3.05, 3.63) is 36.5 Å². The van der Waals surface area contributed by atoms with Gasteiger partial charge in [-0.05, 0) is 77.0 Å². The van der Waals surface area contributed by atoms with Gasteiger partial charge in [0.25, 0.3) is 0 Å². The number of unbranched alkanes of at least 4 members (excludes halogenated alkanes) is 53. The van der Waals surface area contributed by atoms with Crippen molar-refractivity contribution >= 4 is 17.9 Å². The molecule has 0 rings (SSSR count). The van der Waals surface area contributed by atoms with Crippen LogP contribution in [0.3, 0.4) is 0 Å². The van der Waals surface area contributed by atoms with E-state index in [1.54, 1.807) is 0 Å². The van der Waals surface area contributed by atoms with Gasteiger partial charge in [-0.15, -0.1) is 0 Å². The van der Waals surface area contributed by atoms with Crippen LogP contribution in [0.5, 0.6) is 0 Å². The molecule has 6 heteroatoms. The lowest BCUT2D eigenvalue weighted by atomic mass is 10.0. The Balaban J connectivity index is 4.08. The highest BCUT2D eigenvalue weighted by atomic mass is 16.6. The van der Waals surface area contributed by atoms with Crippen LogP contribution >= 0.6 is 0 Å². The molecule has 0 bridgehead atoms. The fourth-order valence-electron chi connectivity index (χ4n) is 11.5. The number of carbonyl (C=O) groups excluding carboxylic acids is 3. The Morgan fingerprint density at radius 2 is 0.434 bits per heavy atom. The van der Waals surface area contributed by atoms with Crippen LogP contribution in [0.25, 0.3) is 0 Å². The van der Waals surface area contributed by atoms with Gasteiger partial charge >= 0.3 is 17.9 Å². The third-order valence-corrected chi connectivity index (χ3v) is 17.1. The zero-order valence-electron chi connectivity index (χ0n) is 56.2. The first-order valence-electron chi connectivity index (χ1n) is 37.5. The van der Waals surface area contributed by atoms with E-state index in [4.69, 9.17) is 14.2 Å². The molecule has 0 saturated heterocycles. The van der Waals surface area contributed by atoms with Gasteiger partial charge in [-0.25, -0.2) is 0 Å². The molecule has 0 amide bonds. The Bertz CT molecular complexity index is 1380. The van der Waals surface area contributed by atoms with E-state index < -0.39 is 6.10 Å². The molecule has 0 aliphatic rings. The number of esters is 3. The van der Waals surface area contributed by atoms with E-state index in [1.165, 1.54) is 302 Å². The maximum Gasteiger partial charge on any atom is 0.306 e. The second-order valence-corrected chi connectivity index (χ2v) is 25.6. The fraction of sp³-hybridized carbons (Fsp3) is 0.883. The smallest absolute Gasteiger partial charge is 0.306 e. The monoisotopic (exact) mass is 1170 g/mol. The van der Waals surface area contributed by atoms with Crippen LogP contribution in [0.15, 0.2) is 36.5 Å². The van der Waals surface area contributed by atoms with Gasteiger partial charge in [-0.1, -0.05) is 359 Å². The van der Waals surface area contributed by atoms with Crippen LogP contribution in [0.1, 0.15) is 419 Å². The van der Waals surface area contributed by atoms with Gasteiger partial charge in [0.15, 0.2) is 6.10 Å². The van der Waals surface area contributed by atoms with Crippen molar-refractivity contribution in [2.45, 2.75) is 425 Å². The first-order chi connectivity index (χ1) is 41.0. The number of allylic oxidation sites excluding steroid dienone is 6. The van der Waals surface area contributed by atoms with Gasteiger partial charge in [0.2, 0.25) is 0 Å². The Kier molecular flexibility index (Phi) is 70.0. The van der Waals surface area contributed by atoms with Crippen molar-refractivity contribution in [1.29, 1.82) is 0 Å². The molecule has 0 aliphatic carbocycles. The third kappa shape index (κ3) is 70.3. The van der Waals surface area contributed by atoms with Crippen molar-refractivity contribution in [2.24, 2.45) is 0 Å². The summed E-state index contributed by atoms with van der Waals surface area (Å²) in [5.41, 5.74) is 0. The number of ether oxygens (including phenoxy) is 3. The normalized spacial score (nSPS) is 12.2. The minimum Gasteiger partial charge on any atom is -0.462 e. The number of carbonyl (C=O) groups is 3. The Labute approximate surface area is 518 Å². The van der Waals surface area contributed by atoms with Crippen molar-refractivity contribution in [1.82, 2.24) is 0 Å². The maximum atomic E-state index is 12.9. The van der Waals surface area contributed by atoms with Gasteiger partial charge in [0.05, 0.1) is 0 Å². The van der Waals surface area contributed by atoms with Crippen molar-refractivity contribution in [3.63, 3.8) is 0 Å². The second-order valence-electron chi connectivity index (χ2n) is 25.6. The zero-order chi connectivity index (χ0) is 59.9. The molecule has 0 aromatic carbocycles. The molecule has 488 valence electrons. The Morgan fingerprint density at radius 1 is 0.241 bits per heavy atom. The lowest BCUT2D eigenvalue weighted by molar-refractivity contribution is -0.167. The Morgan fingerprint density at radius 3 is 0.687 bits per heavy atom. The van der Waals surface area contributed by atoms with Gasteiger partial charge in [0, 0.05) is 19.3 Å². The summed E-state index contributed by atoms with van der Waals surface area (Å²) in [5, 5.41) is 0. The van der Waals surface area contributed by atoms with E-state index in [0.717, 1.165) is 77.0 Å². The number of rotatable bonds is 70. The molecule has 0 aliphatic heterocycles. The highest BCUT2D eigenvalue weighted by molar-refractivity contribution is 5.71. The number of hydrogen-bond acceptors (Lipinski definition) is 6. The van der Waals surface area contributed by atoms with Crippen LogP contribution < -0.4 is 0 Å². The quantitative estimate of drug-likeness (QED) is 0.0261. The summed E-state index contributed by atoms with van der Waals surface area (Å²) in [7, 11) is 0. The molecule has 0 spiro atoms. The predicted octanol–water partition coefficient (Wildman–Crippen LogP) is 25.9. The highest BCUT2D eigenvalue weighted by Gasteiger charge is 2.20. The molecule has 1 atom stereocenters. The van der Waals surface area contributed by atoms with E-state index in [9.17, 15) is 14.4 Å². The maximum absolute atomic E-state index is 12.9. The predicted molar refractivity (Wildman–Crippen MR) is 362 cm³/mol. The molecule has 0 saturated carbocycles. The van der Waals surface area contributed by atoms with E-state index in [1.807, 2.05) is 0 Å². The SMILES string of the molecule is CCCCCC/C=C\C/C=C\CCCCCCCC(=O)OC(COC(=O)CCCCCCCCCCCCCCCC)COC(=O)CCCCCCCCCCCCCCCCCCCCCCCCC/C=C\CCCCCCCCCC. The summed E-state index contributed by atoms with van der Waals surface area (Å²) in [4.78, 5) is 38.4. The first-order valence-corrected chi connectivity index (χ1v) is 37.5. The van der Waals surface area contributed by atoms with Crippen molar-refractivity contribution in [2.75, 3.05) is 13.2 Å². The number of hydrogen-bond donors (Lipinski definition) is 0. The second kappa shape index (κ2) is 72.1. The van der Waals surface area contributed by atoms with Crippen molar-refractivity contribution < 1.29 is 28.6 Å². The van der Waals surface area contributed by atoms with E-state index in [-0.39, 0.29) is 31.1 Å². The zero-order valence-corrected chi connectivity index (χ0v) is 56.2. The largest absolute Gasteiger partial charge is 0.462 e.